The fourth-order valence-electron chi connectivity index (χ4n) is 3.56. The van der Waals surface area contributed by atoms with Crippen LogP contribution in [0.25, 0.3) is 27.5 Å². The Balaban J connectivity index is 1.53. The second kappa shape index (κ2) is 7.07. The van der Waals surface area contributed by atoms with Gasteiger partial charge in [0.05, 0.1) is 23.3 Å². The van der Waals surface area contributed by atoms with Crippen molar-refractivity contribution in [3.05, 3.63) is 81.2 Å². The zero-order chi connectivity index (χ0) is 20.8. The van der Waals surface area contributed by atoms with Crippen LogP contribution in [0.5, 0.6) is 0 Å². The molecule has 5 aromatic rings. The summed E-state index contributed by atoms with van der Waals surface area (Å²) in [6.45, 7) is 6.21. The van der Waals surface area contributed by atoms with Crippen molar-refractivity contribution in [1.82, 2.24) is 24.3 Å². The van der Waals surface area contributed by atoms with Crippen LogP contribution in [0, 0.1) is 20.8 Å². The maximum Gasteiger partial charge on any atom is 0.264 e. The highest BCUT2D eigenvalue weighted by molar-refractivity contribution is 7.13. The zero-order valence-corrected chi connectivity index (χ0v) is 17.6. The highest BCUT2D eigenvalue weighted by Crippen LogP contribution is 2.26. The molecule has 0 N–H and O–H groups in total. The van der Waals surface area contributed by atoms with Crippen LogP contribution in [0.15, 0.2) is 57.4 Å². The fourth-order valence-corrected chi connectivity index (χ4v) is 4.21. The van der Waals surface area contributed by atoms with Crippen molar-refractivity contribution in [2.45, 2.75) is 27.3 Å². The Morgan fingerprint density at radius 3 is 2.67 bits per heavy atom. The van der Waals surface area contributed by atoms with Gasteiger partial charge in [-0.05, 0) is 55.5 Å². The standard InChI is InChI=1S/C22H19N5O2S/c1-13-7-14(2)9-16(8-13)27-20-17(10-24-27)22(28)26(12-23-20)11-18-15(3)29-21(25-18)19-5-4-6-30-19/h4-10,12H,11H2,1-3H3. The minimum absolute atomic E-state index is 0.157. The predicted octanol–water partition coefficient (Wildman–Crippen LogP) is 4.27. The van der Waals surface area contributed by atoms with Gasteiger partial charge in [-0.2, -0.15) is 5.10 Å². The van der Waals surface area contributed by atoms with Gasteiger partial charge in [0, 0.05) is 0 Å². The summed E-state index contributed by atoms with van der Waals surface area (Å²) in [5.74, 6) is 1.26. The largest absolute Gasteiger partial charge is 0.440 e. The zero-order valence-electron chi connectivity index (χ0n) is 16.8. The summed E-state index contributed by atoms with van der Waals surface area (Å²) < 4.78 is 9.04. The van der Waals surface area contributed by atoms with E-state index in [1.165, 1.54) is 0 Å². The van der Waals surface area contributed by atoms with Crippen molar-refractivity contribution >= 4 is 22.4 Å². The van der Waals surface area contributed by atoms with E-state index < -0.39 is 0 Å². The number of nitrogens with zero attached hydrogens (tertiary/aromatic N) is 5. The molecule has 0 saturated carbocycles. The van der Waals surface area contributed by atoms with Crippen LogP contribution in [0.2, 0.25) is 0 Å². The van der Waals surface area contributed by atoms with E-state index in [1.54, 1.807) is 33.1 Å². The van der Waals surface area contributed by atoms with Gasteiger partial charge in [0.1, 0.15) is 23.2 Å². The summed E-state index contributed by atoms with van der Waals surface area (Å²) in [7, 11) is 0. The first kappa shape index (κ1) is 18.5. The molecule has 150 valence electrons. The van der Waals surface area contributed by atoms with E-state index in [1.807, 2.05) is 50.4 Å². The van der Waals surface area contributed by atoms with E-state index >= 15 is 0 Å². The van der Waals surface area contributed by atoms with Crippen LogP contribution in [0.4, 0.5) is 0 Å². The highest BCUT2D eigenvalue weighted by Gasteiger charge is 2.16. The average molecular weight is 417 g/mol. The molecule has 0 aliphatic rings. The molecule has 0 atom stereocenters. The van der Waals surface area contributed by atoms with Gasteiger partial charge in [-0.25, -0.2) is 14.6 Å². The highest BCUT2D eigenvalue weighted by atomic mass is 32.1. The van der Waals surface area contributed by atoms with E-state index in [-0.39, 0.29) is 12.1 Å². The molecule has 0 bridgehead atoms. The van der Waals surface area contributed by atoms with Gasteiger partial charge in [-0.15, -0.1) is 11.3 Å². The summed E-state index contributed by atoms with van der Waals surface area (Å²) in [6, 6.07) is 10.1. The number of aromatic nitrogens is 5. The molecular formula is C22H19N5O2S. The van der Waals surface area contributed by atoms with Crippen molar-refractivity contribution in [2.24, 2.45) is 0 Å². The molecule has 0 aliphatic carbocycles. The summed E-state index contributed by atoms with van der Waals surface area (Å²) >= 11 is 1.56. The molecule has 0 spiro atoms. The quantitative estimate of drug-likeness (QED) is 0.436. The molecule has 4 heterocycles. The van der Waals surface area contributed by atoms with E-state index in [0.29, 0.717) is 28.4 Å². The lowest BCUT2D eigenvalue weighted by Crippen LogP contribution is -2.21. The second-order valence-corrected chi connectivity index (χ2v) is 8.26. The molecule has 0 fully saturated rings. The number of fused-ring (bicyclic) bond motifs is 1. The van der Waals surface area contributed by atoms with Crippen molar-refractivity contribution < 1.29 is 4.42 Å². The van der Waals surface area contributed by atoms with Gasteiger partial charge in [0.2, 0.25) is 5.89 Å². The van der Waals surface area contributed by atoms with Crippen molar-refractivity contribution in [1.29, 1.82) is 0 Å². The van der Waals surface area contributed by atoms with Crippen LogP contribution < -0.4 is 5.56 Å². The summed E-state index contributed by atoms with van der Waals surface area (Å²) in [5, 5.41) is 6.87. The lowest BCUT2D eigenvalue weighted by atomic mass is 10.1. The van der Waals surface area contributed by atoms with Crippen LogP contribution in [0.1, 0.15) is 22.6 Å². The summed E-state index contributed by atoms with van der Waals surface area (Å²) in [4.78, 5) is 23.1. The van der Waals surface area contributed by atoms with E-state index in [2.05, 4.69) is 21.1 Å². The molecule has 7 nitrogen and oxygen atoms in total. The molecule has 0 saturated heterocycles. The van der Waals surface area contributed by atoms with Gasteiger partial charge in [-0.3, -0.25) is 9.36 Å². The number of thiophene rings is 1. The molecule has 8 heteroatoms. The third-order valence-electron chi connectivity index (χ3n) is 4.95. The van der Waals surface area contributed by atoms with Crippen molar-refractivity contribution in [2.75, 3.05) is 0 Å². The molecule has 4 aromatic heterocycles. The van der Waals surface area contributed by atoms with Gasteiger partial charge >= 0.3 is 0 Å². The Hall–Kier alpha value is -3.52. The van der Waals surface area contributed by atoms with Crippen LogP contribution in [-0.4, -0.2) is 24.3 Å². The first-order chi connectivity index (χ1) is 14.5. The van der Waals surface area contributed by atoms with Crippen molar-refractivity contribution in [3.8, 4) is 16.5 Å². The second-order valence-electron chi connectivity index (χ2n) is 7.32. The monoisotopic (exact) mass is 417 g/mol. The number of hydrogen-bond donors (Lipinski definition) is 0. The Bertz CT molecular complexity index is 1410. The average Bonchev–Trinajstić information content (AvgIpc) is 3.43. The third-order valence-corrected chi connectivity index (χ3v) is 5.81. The molecule has 0 amide bonds. The Morgan fingerprint density at radius 1 is 1.13 bits per heavy atom. The Morgan fingerprint density at radius 2 is 1.93 bits per heavy atom. The summed E-state index contributed by atoms with van der Waals surface area (Å²) in [6.07, 6.45) is 3.12. The lowest BCUT2D eigenvalue weighted by Gasteiger charge is -2.07. The molecule has 30 heavy (non-hydrogen) atoms. The number of rotatable bonds is 4. The fraction of sp³-hybridized carbons (Fsp3) is 0.182. The summed E-state index contributed by atoms with van der Waals surface area (Å²) in [5.41, 5.74) is 4.24. The number of oxazole rings is 1. The third kappa shape index (κ3) is 3.15. The van der Waals surface area contributed by atoms with Crippen molar-refractivity contribution in [3.63, 3.8) is 0 Å². The molecule has 5 rings (SSSR count). The van der Waals surface area contributed by atoms with E-state index in [4.69, 9.17) is 4.42 Å². The number of benzene rings is 1. The first-order valence-electron chi connectivity index (χ1n) is 9.51. The maximum atomic E-state index is 13.1. The van der Waals surface area contributed by atoms with Gasteiger partial charge < -0.3 is 4.42 Å². The smallest absolute Gasteiger partial charge is 0.264 e. The van der Waals surface area contributed by atoms with E-state index in [9.17, 15) is 4.79 Å². The Labute approximate surface area is 176 Å². The van der Waals surface area contributed by atoms with E-state index in [0.717, 1.165) is 21.7 Å². The minimum Gasteiger partial charge on any atom is -0.440 e. The van der Waals surface area contributed by atoms with Crippen LogP contribution in [0.3, 0.4) is 0 Å². The molecule has 0 radical (unpaired) electrons. The van der Waals surface area contributed by atoms with Crippen LogP contribution in [-0.2, 0) is 6.54 Å². The maximum absolute atomic E-state index is 13.1. The Kier molecular flexibility index (Phi) is 4.36. The molecule has 0 unspecified atom stereocenters. The first-order valence-corrected chi connectivity index (χ1v) is 10.4. The molecule has 0 aliphatic heterocycles. The van der Waals surface area contributed by atoms with Crippen LogP contribution >= 0.6 is 11.3 Å². The van der Waals surface area contributed by atoms with Gasteiger partial charge in [0.25, 0.3) is 5.56 Å². The lowest BCUT2D eigenvalue weighted by molar-refractivity contribution is 0.538. The normalized spacial score (nSPS) is 11.4. The minimum atomic E-state index is -0.157. The van der Waals surface area contributed by atoms with Gasteiger partial charge in [0.15, 0.2) is 5.65 Å². The number of hydrogen-bond acceptors (Lipinski definition) is 6. The van der Waals surface area contributed by atoms with Gasteiger partial charge in [-0.1, -0.05) is 12.1 Å². The molecule has 1 aromatic carbocycles. The predicted molar refractivity (Wildman–Crippen MR) is 116 cm³/mol. The SMILES string of the molecule is Cc1cc(C)cc(-n2ncc3c(=O)n(Cc4nc(-c5cccs5)oc4C)cnc32)c1. The topological polar surface area (TPSA) is 78.7 Å². The molecular weight excluding hydrogens is 398 g/mol. The number of aryl methyl sites for hydroxylation is 3.